The van der Waals surface area contributed by atoms with Crippen molar-refractivity contribution in [3.8, 4) is 11.5 Å². The summed E-state index contributed by atoms with van der Waals surface area (Å²) in [5.74, 6) is 1.61. The average molecular weight is 463 g/mol. The summed E-state index contributed by atoms with van der Waals surface area (Å²) in [4.78, 5) is 19.7. The molecule has 0 N–H and O–H groups in total. The number of benzene rings is 3. The van der Waals surface area contributed by atoms with Gasteiger partial charge in [0.15, 0.2) is 11.5 Å². The molecule has 0 atom stereocenters. The van der Waals surface area contributed by atoms with Crippen LogP contribution in [0.15, 0.2) is 88.0 Å². The van der Waals surface area contributed by atoms with E-state index in [1.807, 2.05) is 66.7 Å². The lowest BCUT2D eigenvalue weighted by Crippen LogP contribution is -2.32. The Morgan fingerprint density at radius 1 is 0.900 bits per heavy atom. The van der Waals surface area contributed by atoms with Crippen LogP contribution in [0, 0.1) is 0 Å². The minimum atomic E-state index is -0.193. The first-order valence-electron chi connectivity index (χ1n) is 9.28. The third kappa shape index (κ3) is 3.86. The van der Waals surface area contributed by atoms with E-state index in [1.165, 1.54) is 0 Å². The van der Waals surface area contributed by atoms with E-state index in [2.05, 4.69) is 20.9 Å². The Bertz CT molecular complexity index is 1160. The molecule has 0 radical (unpaired) electrons. The number of hydrogen-bond acceptors (Lipinski definition) is 4. The van der Waals surface area contributed by atoms with Gasteiger partial charge in [0.1, 0.15) is 11.5 Å². The van der Waals surface area contributed by atoms with Gasteiger partial charge < -0.3 is 9.47 Å². The van der Waals surface area contributed by atoms with Crippen LogP contribution in [0.5, 0.6) is 11.5 Å². The molecule has 0 saturated heterocycles. The van der Waals surface area contributed by atoms with Gasteiger partial charge in [-0.25, -0.2) is 4.99 Å². The van der Waals surface area contributed by atoms with Crippen LogP contribution >= 0.6 is 15.9 Å². The minimum absolute atomic E-state index is 0.193. The smallest absolute Gasteiger partial charge is 0.282 e. The fourth-order valence-corrected chi connectivity index (χ4v) is 3.64. The van der Waals surface area contributed by atoms with Gasteiger partial charge in [-0.3, -0.25) is 9.69 Å². The number of methoxy groups -OCH3 is 2. The third-order valence-corrected chi connectivity index (χ3v) is 5.16. The highest BCUT2D eigenvalue weighted by molar-refractivity contribution is 9.10. The van der Waals surface area contributed by atoms with E-state index in [-0.39, 0.29) is 5.91 Å². The number of nitrogens with zero attached hydrogens (tertiary/aromatic N) is 2. The lowest BCUT2D eigenvalue weighted by molar-refractivity contribution is -0.113. The van der Waals surface area contributed by atoms with E-state index in [9.17, 15) is 4.79 Å². The second-order valence-electron chi connectivity index (χ2n) is 6.57. The van der Waals surface area contributed by atoms with Crippen LogP contribution < -0.4 is 14.4 Å². The van der Waals surface area contributed by atoms with Gasteiger partial charge >= 0.3 is 0 Å². The Labute approximate surface area is 183 Å². The van der Waals surface area contributed by atoms with Gasteiger partial charge in [0.05, 0.1) is 19.9 Å². The number of ether oxygens (including phenoxy) is 2. The second kappa shape index (κ2) is 8.55. The van der Waals surface area contributed by atoms with Crippen molar-refractivity contribution in [2.75, 3.05) is 19.1 Å². The zero-order valence-corrected chi connectivity index (χ0v) is 18.1. The Morgan fingerprint density at radius 3 is 2.37 bits per heavy atom. The molecule has 0 fully saturated rings. The summed E-state index contributed by atoms with van der Waals surface area (Å²) in [6, 6.07) is 22.8. The van der Waals surface area contributed by atoms with Crippen LogP contribution in [0.3, 0.4) is 0 Å². The lowest BCUT2D eigenvalue weighted by Gasteiger charge is -2.18. The van der Waals surface area contributed by atoms with Crippen LogP contribution in [-0.4, -0.2) is 26.0 Å². The molecule has 3 aromatic rings. The van der Waals surface area contributed by atoms with E-state index in [4.69, 9.17) is 9.47 Å². The van der Waals surface area contributed by atoms with Crippen molar-refractivity contribution in [2.24, 2.45) is 4.99 Å². The molecule has 1 heterocycles. The Balaban J connectivity index is 1.81. The number of rotatable bonds is 5. The number of amides is 1. The monoisotopic (exact) mass is 462 g/mol. The SMILES string of the molecule is COc1ccc(/C=C2/N=C(c3ccccc3)N(c3cccc(Br)c3)C2=O)cc1OC. The van der Waals surface area contributed by atoms with E-state index in [0.717, 1.165) is 21.3 Å². The van der Waals surface area contributed by atoms with Gasteiger partial charge in [-0.2, -0.15) is 0 Å². The number of amidine groups is 1. The second-order valence-corrected chi connectivity index (χ2v) is 7.48. The highest BCUT2D eigenvalue weighted by Gasteiger charge is 2.32. The summed E-state index contributed by atoms with van der Waals surface area (Å²) in [7, 11) is 3.17. The molecule has 4 rings (SSSR count). The molecule has 1 aliphatic rings. The van der Waals surface area contributed by atoms with Crippen LogP contribution in [0.4, 0.5) is 5.69 Å². The van der Waals surface area contributed by atoms with Crippen molar-refractivity contribution in [1.29, 1.82) is 0 Å². The van der Waals surface area contributed by atoms with Crippen molar-refractivity contribution < 1.29 is 14.3 Å². The Hall–Kier alpha value is -3.38. The molecule has 0 aromatic heterocycles. The van der Waals surface area contributed by atoms with Crippen molar-refractivity contribution in [3.05, 3.63) is 94.1 Å². The summed E-state index contributed by atoms with van der Waals surface area (Å²) < 4.78 is 11.5. The molecule has 6 heteroatoms. The third-order valence-electron chi connectivity index (χ3n) is 4.67. The molecule has 1 amide bonds. The van der Waals surface area contributed by atoms with E-state index in [0.29, 0.717) is 23.0 Å². The number of anilines is 1. The number of aliphatic imine (C=N–C) groups is 1. The summed E-state index contributed by atoms with van der Waals surface area (Å²) in [6.45, 7) is 0. The summed E-state index contributed by atoms with van der Waals surface area (Å²) in [5, 5.41) is 0. The molecule has 0 bridgehead atoms. The standard InChI is InChI=1S/C24H19BrN2O3/c1-29-21-12-11-16(14-22(21)30-2)13-20-24(28)27(19-10-6-9-18(25)15-19)23(26-20)17-7-4-3-5-8-17/h3-15H,1-2H3/b20-13+. The largest absolute Gasteiger partial charge is 0.493 e. The molecule has 0 spiro atoms. The minimum Gasteiger partial charge on any atom is -0.493 e. The van der Waals surface area contributed by atoms with Gasteiger partial charge in [0.2, 0.25) is 0 Å². The molecule has 0 unspecified atom stereocenters. The number of hydrogen-bond donors (Lipinski definition) is 0. The summed E-state index contributed by atoms with van der Waals surface area (Å²) in [5.41, 5.74) is 2.75. The van der Waals surface area contributed by atoms with Crippen molar-refractivity contribution >= 4 is 39.4 Å². The van der Waals surface area contributed by atoms with Crippen molar-refractivity contribution in [2.45, 2.75) is 0 Å². The maximum absolute atomic E-state index is 13.4. The molecule has 30 heavy (non-hydrogen) atoms. The zero-order chi connectivity index (χ0) is 21.1. The molecule has 0 saturated carbocycles. The molecule has 1 aliphatic heterocycles. The van der Waals surface area contributed by atoms with Crippen LogP contribution in [0.1, 0.15) is 11.1 Å². The van der Waals surface area contributed by atoms with Gasteiger partial charge in [-0.1, -0.05) is 58.4 Å². The van der Waals surface area contributed by atoms with Gasteiger partial charge in [-0.15, -0.1) is 0 Å². The van der Waals surface area contributed by atoms with Gasteiger partial charge in [0, 0.05) is 10.0 Å². The first-order valence-corrected chi connectivity index (χ1v) is 10.1. The van der Waals surface area contributed by atoms with Crippen LogP contribution in [-0.2, 0) is 4.79 Å². The van der Waals surface area contributed by atoms with E-state index >= 15 is 0 Å². The van der Waals surface area contributed by atoms with E-state index in [1.54, 1.807) is 31.3 Å². The fraction of sp³-hybridized carbons (Fsp3) is 0.0833. The first kappa shape index (κ1) is 19.9. The maximum Gasteiger partial charge on any atom is 0.282 e. The predicted molar refractivity (Wildman–Crippen MR) is 122 cm³/mol. The Morgan fingerprint density at radius 2 is 1.67 bits per heavy atom. The molecular weight excluding hydrogens is 444 g/mol. The summed E-state index contributed by atoms with van der Waals surface area (Å²) >= 11 is 3.49. The molecule has 0 aliphatic carbocycles. The fourth-order valence-electron chi connectivity index (χ4n) is 3.25. The van der Waals surface area contributed by atoms with Crippen molar-refractivity contribution in [1.82, 2.24) is 0 Å². The van der Waals surface area contributed by atoms with Gasteiger partial charge in [0.25, 0.3) is 5.91 Å². The highest BCUT2D eigenvalue weighted by atomic mass is 79.9. The van der Waals surface area contributed by atoms with Crippen molar-refractivity contribution in [3.63, 3.8) is 0 Å². The predicted octanol–water partition coefficient (Wildman–Crippen LogP) is 5.30. The topological polar surface area (TPSA) is 51.1 Å². The number of carbonyl (C=O) groups is 1. The average Bonchev–Trinajstić information content (AvgIpc) is 3.10. The van der Waals surface area contributed by atoms with Crippen LogP contribution in [0.25, 0.3) is 6.08 Å². The highest BCUT2D eigenvalue weighted by Crippen LogP contribution is 2.32. The quantitative estimate of drug-likeness (QED) is 0.483. The normalized spacial score (nSPS) is 14.8. The number of halogens is 1. The summed E-state index contributed by atoms with van der Waals surface area (Å²) in [6.07, 6.45) is 1.76. The first-order chi connectivity index (χ1) is 14.6. The molecule has 150 valence electrons. The van der Waals surface area contributed by atoms with Crippen LogP contribution in [0.2, 0.25) is 0 Å². The van der Waals surface area contributed by atoms with E-state index < -0.39 is 0 Å². The number of carbonyl (C=O) groups excluding carboxylic acids is 1. The zero-order valence-electron chi connectivity index (χ0n) is 16.5. The van der Waals surface area contributed by atoms with Gasteiger partial charge in [-0.05, 0) is 42.0 Å². The lowest BCUT2D eigenvalue weighted by atomic mass is 10.1. The molecule has 3 aromatic carbocycles. The Kier molecular flexibility index (Phi) is 5.68. The molecule has 5 nitrogen and oxygen atoms in total. The maximum atomic E-state index is 13.4. The molecular formula is C24H19BrN2O3.